The SMILES string of the molecule is CCCOc1cccc(C=CCCNC(=O)OCC2c3ccccc3-c3ccccc32)c1. The molecule has 0 fully saturated rings. The summed E-state index contributed by atoms with van der Waals surface area (Å²) in [7, 11) is 0. The number of alkyl carbamates (subject to hydrolysis) is 1. The van der Waals surface area contributed by atoms with Crippen molar-refractivity contribution in [3.63, 3.8) is 0 Å². The van der Waals surface area contributed by atoms with Crippen molar-refractivity contribution in [2.45, 2.75) is 25.7 Å². The number of carbonyl (C=O) groups is 1. The number of ether oxygens (including phenoxy) is 2. The summed E-state index contributed by atoms with van der Waals surface area (Å²) in [5.74, 6) is 0.959. The monoisotopic (exact) mass is 427 g/mol. The highest BCUT2D eigenvalue weighted by atomic mass is 16.5. The van der Waals surface area contributed by atoms with Crippen LogP contribution in [-0.4, -0.2) is 25.9 Å². The third-order valence-corrected chi connectivity index (χ3v) is 5.57. The molecule has 32 heavy (non-hydrogen) atoms. The van der Waals surface area contributed by atoms with Crippen LogP contribution in [0.1, 0.15) is 42.4 Å². The summed E-state index contributed by atoms with van der Waals surface area (Å²) in [6.07, 6.45) is 5.42. The second-order valence-corrected chi connectivity index (χ2v) is 7.86. The fraction of sp³-hybridized carbons (Fsp3) is 0.250. The van der Waals surface area contributed by atoms with Crippen molar-refractivity contribution < 1.29 is 14.3 Å². The second kappa shape index (κ2) is 10.7. The molecule has 0 bridgehead atoms. The zero-order valence-corrected chi connectivity index (χ0v) is 18.4. The van der Waals surface area contributed by atoms with Gasteiger partial charge in [0.2, 0.25) is 0 Å². The van der Waals surface area contributed by atoms with Gasteiger partial charge in [-0.15, -0.1) is 0 Å². The molecule has 3 aromatic carbocycles. The summed E-state index contributed by atoms with van der Waals surface area (Å²) < 4.78 is 11.2. The van der Waals surface area contributed by atoms with Crippen molar-refractivity contribution in [2.24, 2.45) is 0 Å². The van der Waals surface area contributed by atoms with Gasteiger partial charge in [0, 0.05) is 12.5 Å². The smallest absolute Gasteiger partial charge is 0.407 e. The zero-order chi connectivity index (χ0) is 22.2. The van der Waals surface area contributed by atoms with Crippen molar-refractivity contribution in [1.82, 2.24) is 5.32 Å². The van der Waals surface area contributed by atoms with Crippen molar-refractivity contribution in [3.05, 3.63) is 95.6 Å². The summed E-state index contributed by atoms with van der Waals surface area (Å²) in [6.45, 7) is 3.67. The number of nitrogens with one attached hydrogen (secondary N) is 1. The predicted octanol–water partition coefficient (Wildman–Crippen LogP) is 6.42. The maximum Gasteiger partial charge on any atom is 0.407 e. The third kappa shape index (κ3) is 5.20. The normalized spacial score (nSPS) is 12.4. The Morgan fingerprint density at radius 3 is 2.41 bits per heavy atom. The van der Waals surface area contributed by atoms with Crippen molar-refractivity contribution >= 4 is 12.2 Å². The van der Waals surface area contributed by atoms with Gasteiger partial charge in [-0.05, 0) is 52.8 Å². The molecule has 4 nitrogen and oxygen atoms in total. The van der Waals surface area contributed by atoms with Gasteiger partial charge in [-0.3, -0.25) is 0 Å². The fourth-order valence-electron chi connectivity index (χ4n) is 4.05. The number of hydrogen-bond donors (Lipinski definition) is 1. The topological polar surface area (TPSA) is 47.6 Å². The van der Waals surface area contributed by atoms with E-state index in [1.807, 2.05) is 60.7 Å². The van der Waals surface area contributed by atoms with E-state index in [1.165, 1.54) is 22.3 Å². The standard InChI is InChI=1S/C28H29NO3/c1-2-18-31-22-12-9-11-21(19-22)10-7-8-17-29-28(30)32-20-27-25-15-5-3-13-23(25)24-14-4-6-16-26(24)27/h3-7,9-16,19,27H,2,8,17-18,20H2,1H3,(H,29,30). The molecule has 1 N–H and O–H groups in total. The highest BCUT2D eigenvalue weighted by Gasteiger charge is 2.28. The highest BCUT2D eigenvalue weighted by molar-refractivity contribution is 5.79. The maximum atomic E-state index is 12.2. The Labute approximate surface area is 189 Å². The molecule has 0 heterocycles. The lowest BCUT2D eigenvalue weighted by Crippen LogP contribution is -2.26. The second-order valence-electron chi connectivity index (χ2n) is 7.86. The van der Waals surface area contributed by atoms with Gasteiger partial charge in [0.25, 0.3) is 0 Å². The van der Waals surface area contributed by atoms with Crippen LogP contribution in [0.25, 0.3) is 17.2 Å². The van der Waals surface area contributed by atoms with Gasteiger partial charge in [-0.25, -0.2) is 4.79 Å². The van der Waals surface area contributed by atoms with Gasteiger partial charge >= 0.3 is 6.09 Å². The quantitative estimate of drug-likeness (QED) is 0.401. The van der Waals surface area contributed by atoms with Crippen molar-refractivity contribution in [3.8, 4) is 16.9 Å². The number of hydrogen-bond acceptors (Lipinski definition) is 3. The molecule has 0 atom stereocenters. The first-order valence-corrected chi connectivity index (χ1v) is 11.2. The summed E-state index contributed by atoms with van der Waals surface area (Å²) >= 11 is 0. The van der Waals surface area contributed by atoms with Crippen LogP contribution in [0.4, 0.5) is 4.79 Å². The lowest BCUT2D eigenvalue weighted by atomic mass is 9.98. The van der Waals surface area contributed by atoms with E-state index in [9.17, 15) is 4.79 Å². The molecule has 0 aromatic heterocycles. The van der Waals surface area contributed by atoms with Crippen LogP contribution >= 0.6 is 0 Å². The average molecular weight is 428 g/mol. The summed E-state index contributed by atoms with van der Waals surface area (Å²) in [5, 5.41) is 2.84. The summed E-state index contributed by atoms with van der Waals surface area (Å²) in [5.41, 5.74) is 5.97. The van der Waals surface area contributed by atoms with Crippen molar-refractivity contribution in [2.75, 3.05) is 19.8 Å². The molecular weight excluding hydrogens is 398 g/mol. The molecule has 0 saturated carbocycles. The summed E-state index contributed by atoms with van der Waals surface area (Å²) in [6, 6.07) is 24.7. The molecule has 3 aromatic rings. The van der Waals surface area contributed by atoms with Crippen LogP contribution in [0.15, 0.2) is 78.9 Å². The molecule has 0 unspecified atom stereocenters. The number of rotatable bonds is 9. The molecule has 4 rings (SSSR count). The van der Waals surface area contributed by atoms with E-state index >= 15 is 0 Å². The molecule has 0 spiro atoms. The van der Waals surface area contributed by atoms with Crippen LogP contribution in [0.5, 0.6) is 5.75 Å². The van der Waals surface area contributed by atoms with E-state index in [4.69, 9.17) is 9.47 Å². The van der Waals surface area contributed by atoms with Crippen LogP contribution in [0.3, 0.4) is 0 Å². The molecule has 4 heteroatoms. The zero-order valence-electron chi connectivity index (χ0n) is 18.4. The van der Waals surface area contributed by atoms with E-state index in [1.54, 1.807) is 0 Å². The Morgan fingerprint density at radius 1 is 0.969 bits per heavy atom. The Hall–Kier alpha value is -3.53. The van der Waals surface area contributed by atoms with Crippen LogP contribution < -0.4 is 10.1 Å². The largest absolute Gasteiger partial charge is 0.494 e. The van der Waals surface area contributed by atoms with E-state index in [0.29, 0.717) is 13.2 Å². The maximum absolute atomic E-state index is 12.2. The Morgan fingerprint density at radius 2 is 1.69 bits per heavy atom. The van der Waals surface area contributed by atoms with Gasteiger partial charge < -0.3 is 14.8 Å². The average Bonchev–Trinajstić information content (AvgIpc) is 3.15. The number of benzene rings is 3. The molecule has 164 valence electrons. The first-order valence-electron chi connectivity index (χ1n) is 11.2. The fourth-order valence-corrected chi connectivity index (χ4v) is 4.05. The predicted molar refractivity (Wildman–Crippen MR) is 129 cm³/mol. The first-order chi connectivity index (χ1) is 15.8. The van der Waals surface area contributed by atoms with E-state index in [2.05, 4.69) is 36.5 Å². The summed E-state index contributed by atoms with van der Waals surface area (Å²) in [4.78, 5) is 12.2. The minimum atomic E-state index is -0.379. The minimum absolute atomic E-state index is 0.0789. The Kier molecular flexibility index (Phi) is 7.23. The molecule has 0 saturated heterocycles. The van der Waals surface area contributed by atoms with E-state index < -0.39 is 0 Å². The van der Waals surface area contributed by atoms with Crippen LogP contribution in [-0.2, 0) is 4.74 Å². The third-order valence-electron chi connectivity index (χ3n) is 5.57. The van der Waals surface area contributed by atoms with Gasteiger partial charge in [0.1, 0.15) is 12.4 Å². The molecular formula is C28H29NO3. The lowest BCUT2D eigenvalue weighted by molar-refractivity contribution is 0.143. The van der Waals surface area contributed by atoms with E-state index in [0.717, 1.165) is 30.8 Å². The molecule has 1 aliphatic carbocycles. The van der Waals surface area contributed by atoms with Gasteiger partial charge in [0.05, 0.1) is 6.61 Å². The Balaban J connectivity index is 1.24. The van der Waals surface area contributed by atoms with Crippen LogP contribution in [0, 0.1) is 0 Å². The number of fused-ring (bicyclic) bond motifs is 3. The minimum Gasteiger partial charge on any atom is -0.494 e. The van der Waals surface area contributed by atoms with Crippen LogP contribution in [0.2, 0.25) is 0 Å². The highest BCUT2D eigenvalue weighted by Crippen LogP contribution is 2.44. The molecule has 1 aliphatic rings. The van der Waals surface area contributed by atoms with E-state index in [-0.39, 0.29) is 12.0 Å². The van der Waals surface area contributed by atoms with Gasteiger partial charge in [-0.1, -0.05) is 79.7 Å². The number of carbonyl (C=O) groups excluding carboxylic acids is 1. The molecule has 0 radical (unpaired) electrons. The number of amides is 1. The van der Waals surface area contributed by atoms with Gasteiger partial charge in [-0.2, -0.15) is 0 Å². The Bertz CT molecular complexity index is 1040. The van der Waals surface area contributed by atoms with Gasteiger partial charge in [0.15, 0.2) is 0 Å². The molecule has 1 amide bonds. The first kappa shape index (κ1) is 21.7. The van der Waals surface area contributed by atoms with Crippen molar-refractivity contribution in [1.29, 1.82) is 0 Å². The molecule has 0 aliphatic heterocycles. The lowest BCUT2D eigenvalue weighted by Gasteiger charge is -2.14.